The lowest BCUT2D eigenvalue weighted by atomic mass is 10.3. The van der Waals surface area contributed by atoms with Gasteiger partial charge in [-0.05, 0) is 45.1 Å². The van der Waals surface area contributed by atoms with Gasteiger partial charge in [0, 0.05) is 13.6 Å². The van der Waals surface area contributed by atoms with Crippen molar-refractivity contribution in [1.82, 2.24) is 9.88 Å². The Morgan fingerprint density at radius 1 is 1.56 bits per heavy atom. The van der Waals surface area contributed by atoms with Gasteiger partial charge >= 0.3 is 0 Å². The molecule has 94 valence electrons. The normalized spacial score (nSPS) is 10.4. The molecule has 0 bridgehead atoms. The molecule has 0 saturated carbocycles. The maximum Gasteiger partial charge on any atom is 0.272 e. The first kappa shape index (κ1) is 13.2. The second-order valence-electron chi connectivity index (χ2n) is 3.77. The van der Waals surface area contributed by atoms with Crippen molar-refractivity contribution in [2.45, 2.75) is 6.54 Å². The number of amides is 1. The highest BCUT2D eigenvalue weighted by Gasteiger charge is 2.14. The topological polar surface area (TPSA) is 33.2 Å². The Morgan fingerprint density at radius 2 is 2.33 bits per heavy atom. The van der Waals surface area contributed by atoms with Crippen LogP contribution >= 0.6 is 27.3 Å². The quantitative estimate of drug-likeness (QED) is 0.810. The van der Waals surface area contributed by atoms with E-state index in [-0.39, 0.29) is 11.6 Å². The van der Waals surface area contributed by atoms with E-state index in [1.165, 1.54) is 23.1 Å². The molecule has 0 radical (unpaired) electrons. The van der Waals surface area contributed by atoms with Crippen LogP contribution in [-0.2, 0) is 6.54 Å². The first-order valence-corrected chi connectivity index (χ1v) is 6.84. The Morgan fingerprint density at radius 3 is 2.94 bits per heavy atom. The third-order valence-electron chi connectivity index (χ3n) is 2.32. The summed E-state index contributed by atoms with van der Waals surface area (Å²) in [5, 5.41) is 1.97. The van der Waals surface area contributed by atoms with Crippen LogP contribution in [0.2, 0.25) is 0 Å². The molecule has 0 saturated heterocycles. The van der Waals surface area contributed by atoms with Gasteiger partial charge in [0.1, 0.15) is 5.69 Å². The van der Waals surface area contributed by atoms with Gasteiger partial charge in [-0.1, -0.05) is 6.07 Å². The predicted octanol–water partition coefficient (Wildman–Crippen LogP) is 3.32. The minimum absolute atomic E-state index is 0.117. The Hall–Kier alpha value is -1.27. The second kappa shape index (κ2) is 5.58. The minimum Gasteiger partial charge on any atom is -0.336 e. The van der Waals surface area contributed by atoms with Crippen LogP contribution in [0.25, 0.3) is 0 Å². The third kappa shape index (κ3) is 3.14. The van der Waals surface area contributed by atoms with Gasteiger partial charge in [-0.25, -0.2) is 4.98 Å². The van der Waals surface area contributed by atoms with E-state index in [0.717, 1.165) is 9.35 Å². The Bertz CT molecular complexity index is 573. The van der Waals surface area contributed by atoms with Crippen molar-refractivity contribution in [2.75, 3.05) is 7.05 Å². The molecule has 0 spiro atoms. The van der Waals surface area contributed by atoms with E-state index < -0.39 is 5.95 Å². The fourth-order valence-corrected chi connectivity index (χ4v) is 2.70. The Kier molecular flexibility index (Phi) is 4.08. The molecular formula is C12H10BrFN2OS. The molecular weight excluding hydrogens is 319 g/mol. The van der Waals surface area contributed by atoms with Gasteiger partial charge < -0.3 is 4.90 Å². The molecule has 18 heavy (non-hydrogen) atoms. The van der Waals surface area contributed by atoms with Crippen LogP contribution in [0.4, 0.5) is 4.39 Å². The second-order valence-corrected chi connectivity index (χ2v) is 6.06. The van der Waals surface area contributed by atoms with Gasteiger partial charge in [0.2, 0.25) is 5.95 Å². The lowest BCUT2D eigenvalue weighted by Gasteiger charge is -2.15. The summed E-state index contributed by atoms with van der Waals surface area (Å²) in [6.07, 6.45) is 0. The number of aromatic nitrogens is 1. The van der Waals surface area contributed by atoms with Crippen molar-refractivity contribution in [3.8, 4) is 0 Å². The highest BCUT2D eigenvalue weighted by molar-refractivity contribution is 9.11. The summed E-state index contributed by atoms with van der Waals surface area (Å²) >= 11 is 4.93. The summed E-state index contributed by atoms with van der Waals surface area (Å²) in [6.45, 7) is 0.471. The summed E-state index contributed by atoms with van der Waals surface area (Å²) in [5.74, 6) is -0.940. The average Bonchev–Trinajstić information content (AvgIpc) is 2.73. The molecule has 2 heterocycles. The summed E-state index contributed by atoms with van der Waals surface area (Å²) in [4.78, 5) is 17.1. The first-order chi connectivity index (χ1) is 8.56. The van der Waals surface area contributed by atoms with E-state index in [9.17, 15) is 9.18 Å². The molecule has 0 aliphatic rings. The number of pyridine rings is 1. The van der Waals surface area contributed by atoms with E-state index in [0.29, 0.717) is 6.54 Å². The van der Waals surface area contributed by atoms with Crippen LogP contribution < -0.4 is 0 Å². The van der Waals surface area contributed by atoms with Crippen molar-refractivity contribution in [1.29, 1.82) is 0 Å². The smallest absolute Gasteiger partial charge is 0.272 e. The van der Waals surface area contributed by atoms with E-state index in [1.54, 1.807) is 18.4 Å². The van der Waals surface area contributed by atoms with E-state index in [1.807, 2.05) is 11.4 Å². The Labute approximate surface area is 116 Å². The number of carbonyl (C=O) groups is 1. The van der Waals surface area contributed by atoms with E-state index in [4.69, 9.17) is 0 Å². The number of thiophene rings is 1. The molecule has 0 N–H and O–H groups in total. The molecule has 0 atom stereocenters. The van der Waals surface area contributed by atoms with Crippen molar-refractivity contribution in [3.05, 3.63) is 50.6 Å². The van der Waals surface area contributed by atoms with Gasteiger partial charge in [0.05, 0.1) is 3.79 Å². The van der Waals surface area contributed by atoms with Gasteiger partial charge in [-0.2, -0.15) is 4.39 Å². The number of hydrogen-bond donors (Lipinski definition) is 0. The number of rotatable bonds is 3. The average molecular weight is 329 g/mol. The molecule has 6 heteroatoms. The maximum atomic E-state index is 12.9. The highest BCUT2D eigenvalue weighted by Crippen LogP contribution is 2.21. The molecule has 0 aromatic carbocycles. The predicted molar refractivity (Wildman–Crippen MR) is 72.0 cm³/mol. The van der Waals surface area contributed by atoms with Crippen LogP contribution in [-0.4, -0.2) is 22.8 Å². The summed E-state index contributed by atoms with van der Waals surface area (Å²) in [7, 11) is 1.67. The molecule has 0 fully saturated rings. The molecule has 0 aliphatic carbocycles. The first-order valence-electron chi connectivity index (χ1n) is 5.17. The van der Waals surface area contributed by atoms with Crippen molar-refractivity contribution >= 4 is 33.2 Å². The van der Waals surface area contributed by atoms with Crippen LogP contribution in [0.1, 0.15) is 16.1 Å². The van der Waals surface area contributed by atoms with Crippen molar-refractivity contribution in [2.24, 2.45) is 0 Å². The fraction of sp³-hybridized carbons (Fsp3) is 0.167. The van der Waals surface area contributed by atoms with Gasteiger partial charge in [0.25, 0.3) is 5.91 Å². The van der Waals surface area contributed by atoms with Crippen LogP contribution in [0.3, 0.4) is 0 Å². The van der Waals surface area contributed by atoms with Crippen LogP contribution in [0, 0.1) is 5.95 Å². The highest BCUT2D eigenvalue weighted by atomic mass is 79.9. The molecule has 2 aromatic heterocycles. The number of carbonyl (C=O) groups excluding carboxylic acids is 1. The minimum atomic E-state index is -0.646. The number of nitrogens with zero attached hydrogens (tertiary/aromatic N) is 2. The summed E-state index contributed by atoms with van der Waals surface area (Å²) in [6, 6.07) is 6.15. The van der Waals surface area contributed by atoms with Crippen LogP contribution in [0.15, 0.2) is 33.4 Å². The molecule has 2 aromatic rings. The lowest BCUT2D eigenvalue weighted by molar-refractivity contribution is 0.0778. The zero-order valence-electron chi connectivity index (χ0n) is 9.56. The van der Waals surface area contributed by atoms with Crippen LogP contribution in [0.5, 0.6) is 0 Å². The monoisotopic (exact) mass is 328 g/mol. The SMILES string of the molecule is CN(Cc1csc(Br)c1)C(=O)c1cccc(F)n1. The van der Waals surface area contributed by atoms with Crippen molar-refractivity contribution in [3.63, 3.8) is 0 Å². The van der Waals surface area contributed by atoms with Crippen molar-refractivity contribution < 1.29 is 9.18 Å². The van der Waals surface area contributed by atoms with Gasteiger partial charge in [-0.3, -0.25) is 4.79 Å². The number of hydrogen-bond acceptors (Lipinski definition) is 3. The fourth-order valence-electron chi connectivity index (χ4n) is 1.50. The molecule has 0 aliphatic heterocycles. The number of halogens is 2. The zero-order valence-corrected chi connectivity index (χ0v) is 12.0. The van der Waals surface area contributed by atoms with E-state index >= 15 is 0 Å². The van der Waals surface area contributed by atoms with Gasteiger partial charge in [0.15, 0.2) is 0 Å². The molecule has 0 unspecified atom stereocenters. The summed E-state index contributed by atoms with van der Waals surface area (Å²) < 4.78 is 14.0. The maximum absolute atomic E-state index is 12.9. The van der Waals surface area contributed by atoms with E-state index in [2.05, 4.69) is 20.9 Å². The lowest BCUT2D eigenvalue weighted by Crippen LogP contribution is -2.27. The molecule has 1 amide bonds. The standard InChI is InChI=1S/C12H10BrFN2OS/c1-16(6-8-5-10(13)18-7-8)12(17)9-3-2-4-11(14)15-9/h2-5,7H,6H2,1H3. The van der Waals surface area contributed by atoms with Gasteiger partial charge in [-0.15, -0.1) is 11.3 Å². The summed E-state index contributed by atoms with van der Waals surface area (Å²) in [5.41, 5.74) is 1.14. The zero-order chi connectivity index (χ0) is 13.1. The molecule has 2 rings (SSSR count). The largest absolute Gasteiger partial charge is 0.336 e. The Balaban J connectivity index is 2.09. The third-order valence-corrected chi connectivity index (χ3v) is 3.88. The molecule has 3 nitrogen and oxygen atoms in total.